The average molecular weight is 281 g/mol. The highest BCUT2D eigenvalue weighted by Gasteiger charge is 2.28. The summed E-state index contributed by atoms with van der Waals surface area (Å²) in [4.78, 5) is 24.1. The van der Waals surface area contributed by atoms with Crippen molar-refractivity contribution in [2.75, 3.05) is 0 Å². The van der Waals surface area contributed by atoms with Crippen LogP contribution in [0.5, 0.6) is 0 Å². The summed E-state index contributed by atoms with van der Waals surface area (Å²) in [6.07, 6.45) is 1.05. The predicted molar refractivity (Wildman–Crippen MR) is 75.3 cm³/mol. The van der Waals surface area contributed by atoms with Crippen molar-refractivity contribution in [2.45, 2.75) is 52.7 Å². The van der Waals surface area contributed by atoms with E-state index in [1.165, 1.54) is 12.3 Å². The maximum atomic E-state index is 12.2. The number of carbonyl (C=O) groups excluding carboxylic acids is 2. The molecule has 0 aliphatic heterocycles. The maximum Gasteiger partial charge on any atom is 0.374 e. The Morgan fingerprint density at radius 3 is 2.45 bits per heavy atom. The summed E-state index contributed by atoms with van der Waals surface area (Å²) in [6.45, 7) is 9.58. The first kappa shape index (κ1) is 16.3. The van der Waals surface area contributed by atoms with E-state index in [9.17, 15) is 9.59 Å². The van der Waals surface area contributed by atoms with Crippen molar-refractivity contribution < 1.29 is 18.7 Å². The fraction of sp³-hybridized carbons (Fsp3) is 0.600. The second-order valence-electron chi connectivity index (χ2n) is 6.24. The lowest BCUT2D eigenvalue weighted by Crippen LogP contribution is -2.47. The summed E-state index contributed by atoms with van der Waals surface area (Å²) in [7, 11) is 0. The third-order valence-electron chi connectivity index (χ3n) is 2.45. The average Bonchev–Trinajstić information content (AvgIpc) is 2.78. The SMILES string of the molecule is CC(C)C[C@@H](OC(=O)c1ccco1)C(=O)NC(C)(C)C. The van der Waals surface area contributed by atoms with Crippen LogP contribution in [0.25, 0.3) is 0 Å². The van der Waals surface area contributed by atoms with E-state index in [2.05, 4.69) is 5.32 Å². The Bertz CT molecular complexity index is 443. The number of hydrogen-bond acceptors (Lipinski definition) is 4. The van der Waals surface area contributed by atoms with Crippen LogP contribution in [0.3, 0.4) is 0 Å². The van der Waals surface area contributed by atoms with Crippen LogP contribution >= 0.6 is 0 Å². The second-order valence-corrected chi connectivity index (χ2v) is 6.24. The highest BCUT2D eigenvalue weighted by atomic mass is 16.6. The molecule has 1 aromatic rings. The van der Waals surface area contributed by atoms with Gasteiger partial charge < -0.3 is 14.5 Å². The van der Waals surface area contributed by atoms with Gasteiger partial charge in [0.1, 0.15) is 0 Å². The summed E-state index contributed by atoms with van der Waals surface area (Å²) in [5.74, 6) is -0.576. The monoisotopic (exact) mass is 281 g/mol. The molecule has 0 saturated carbocycles. The zero-order valence-corrected chi connectivity index (χ0v) is 12.7. The third kappa shape index (κ3) is 5.47. The van der Waals surface area contributed by atoms with E-state index < -0.39 is 12.1 Å². The largest absolute Gasteiger partial charge is 0.457 e. The minimum absolute atomic E-state index is 0.0994. The molecule has 0 saturated heterocycles. The van der Waals surface area contributed by atoms with Crippen LogP contribution in [0, 0.1) is 5.92 Å². The molecule has 1 atom stereocenters. The van der Waals surface area contributed by atoms with Gasteiger partial charge in [0.15, 0.2) is 6.10 Å². The fourth-order valence-corrected chi connectivity index (χ4v) is 1.67. The van der Waals surface area contributed by atoms with E-state index in [4.69, 9.17) is 9.15 Å². The van der Waals surface area contributed by atoms with Gasteiger partial charge in [-0.05, 0) is 45.2 Å². The topological polar surface area (TPSA) is 68.5 Å². The van der Waals surface area contributed by atoms with Crippen LogP contribution in [0.1, 0.15) is 51.6 Å². The van der Waals surface area contributed by atoms with E-state index in [1.807, 2.05) is 34.6 Å². The number of esters is 1. The van der Waals surface area contributed by atoms with Gasteiger partial charge in [0.05, 0.1) is 6.26 Å². The first-order valence-electron chi connectivity index (χ1n) is 6.75. The van der Waals surface area contributed by atoms with Crippen molar-refractivity contribution in [1.29, 1.82) is 0 Å². The molecular formula is C15H23NO4. The Balaban J connectivity index is 2.74. The molecule has 0 bridgehead atoms. The van der Waals surface area contributed by atoms with Gasteiger partial charge >= 0.3 is 5.97 Å². The van der Waals surface area contributed by atoms with Crippen LogP contribution in [-0.4, -0.2) is 23.5 Å². The highest BCUT2D eigenvalue weighted by molar-refractivity contribution is 5.90. The van der Waals surface area contributed by atoms with Gasteiger partial charge in [0.25, 0.3) is 5.91 Å². The van der Waals surface area contributed by atoms with Crippen LogP contribution < -0.4 is 5.32 Å². The number of ether oxygens (including phenoxy) is 1. The number of amides is 1. The van der Waals surface area contributed by atoms with E-state index in [-0.39, 0.29) is 23.1 Å². The third-order valence-corrected chi connectivity index (χ3v) is 2.45. The Hall–Kier alpha value is -1.78. The predicted octanol–water partition coefficient (Wildman–Crippen LogP) is 2.77. The molecule has 1 N–H and O–H groups in total. The smallest absolute Gasteiger partial charge is 0.374 e. The number of carbonyl (C=O) groups is 2. The fourth-order valence-electron chi connectivity index (χ4n) is 1.67. The Morgan fingerprint density at radius 2 is 2.00 bits per heavy atom. The summed E-state index contributed by atoms with van der Waals surface area (Å²) in [5, 5.41) is 2.83. The van der Waals surface area contributed by atoms with Gasteiger partial charge in [-0.25, -0.2) is 4.79 Å². The molecule has 5 nitrogen and oxygen atoms in total. The zero-order chi connectivity index (χ0) is 15.3. The molecule has 0 aliphatic carbocycles. The van der Waals surface area contributed by atoms with Gasteiger partial charge in [0.2, 0.25) is 5.76 Å². The molecule has 5 heteroatoms. The van der Waals surface area contributed by atoms with E-state index in [0.29, 0.717) is 6.42 Å². The van der Waals surface area contributed by atoms with E-state index in [1.54, 1.807) is 6.07 Å². The van der Waals surface area contributed by atoms with E-state index >= 15 is 0 Å². The minimum Gasteiger partial charge on any atom is -0.457 e. The molecule has 0 aliphatic rings. The molecule has 20 heavy (non-hydrogen) atoms. The molecule has 0 spiro atoms. The molecule has 1 rings (SSSR count). The van der Waals surface area contributed by atoms with Crippen molar-refractivity contribution >= 4 is 11.9 Å². The molecule has 1 aromatic heterocycles. The molecule has 1 amide bonds. The number of nitrogens with one attached hydrogen (secondary N) is 1. The molecule has 0 unspecified atom stereocenters. The number of rotatable bonds is 5. The van der Waals surface area contributed by atoms with Gasteiger partial charge in [-0.2, -0.15) is 0 Å². The second kappa shape index (κ2) is 6.59. The summed E-state index contributed by atoms with van der Waals surface area (Å²) < 4.78 is 10.2. The zero-order valence-electron chi connectivity index (χ0n) is 12.7. The Labute approximate surface area is 119 Å². The lowest BCUT2D eigenvalue weighted by atomic mass is 10.0. The molecule has 0 radical (unpaired) electrons. The van der Waals surface area contributed by atoms with Crippen molar-refractivity contribution in [3.8, 4) is 0 Å². The molecule has 0 aromatic carbocycles. The van der Waals surface area contributed by atoms with Crippen LogP contribution in [0.15, 0.2) is 22.8 Å². The summed E-state index contributed by atoms with van der Waals surface area (Å²) in [6, 6.07) is 3.11. The lowest BCUT2D eigenvalue weighted by Gasteiger charge is -2.25. The van der Waals surface area contributed by atoms with Crippen LogP contribution in [0.4, 0.5) is 0 Å². The first-order valence-corrected chi connectivity index (χ1v) is 6.75. The molecule has 112 valence electrons. The molecule has 0 fully saturated rings. The molecular weight excluding hydrogens is 258 g/mol. The van der Waals surface area contributed by atoms with Crippen LogP contribution in [0.2, 0.25) is 0 Å². The van der Waals surface area contributed by atoms with Crippen LogP contribution in [-0.2, 0) is 9.53 Å². The van der Waals surface area contributed by atoms with Gasteiger partial charge in [-0.3, -0.25) is 4.79 Å². The standard InChI is InChI=1S/C15H23NO4/c1-10(2)9-12(13(17)16-15(3,4)5)20-14(18)11-7-6-8-19-11/h6-8,10,12H,9H2,1-5H3,(H,16,17)/t12-/m1/s1. The normalized spacial score (nSPS) is 13.1. The summed E-state index contributed by atoms with van der Waals surface area (Å²) >= 11 is 0. The molecule has 1 heterocycles. The minimum atomic E-state index is -0.813. The number of furan rings is 1. The van der Waals surface area contributed by atoms with Gasteiger partial charge in [-0.15, -0.1) is 0 Å². The van der Waals surface area contributed by atoms with Crippen molar-refractivity contribution in [3.05, 3.63) is 24.2 Å². The Morgan fingerprint density at radius 1 is 1.35 bits per heavy atom. The van der Waals surface area contributed by atoms with Crippen molar-refractivity contribution in [2.24, 2.45) is 5.92 Å². The first-order chi connectivity index (χ1) is 9.19. The summed E-state index contributed by atoms with van der Waals surface area (Å²) in [5.41, 5.74) is -0.372. The number of hydrogen-bond donors (Lipinski definition) is 1. The van der Waals surface area contributed by atoms with Gasteiger partial charge in [0, 0.05) is 5.54 Å². The van der Waals surface area contributed by atoms with Crippen molar-refractivity contribution in [3.63, 3.8) is 0 Å². The Kier molecular flexibility index (Phi) is 5.36. The lowest BCUT2D eigenvalue weighted by molar-refractivity contribution is -0.132. The van der Waals surface area contributed by atoms with E-state index in [0.717, 1.165) is 0 Å². The van der Waals surface area contributed by atoms with Crippen molar-refractivity contribution in [1.82, 2.24) is 5.32 Å². The quantitative estimate of drug-likeness (QED) is 0.843. The highest BCUT2D eigenvalue weighted by Crippen LogP contribution is 2.13. The van der Waals surface area contributed by atoms with Gasteiger partial charge in [-0.1, -0.05) is 13.8 Å². The maximum absolute atomic E-state index is 12.2.